The van der Waals surface area contributed by atoms with E-state index in [9.17, 15) is 4.79 Å². The molecule has 0 bridgehead atoms. The maximum atomic E-state index is 11.6. The Balaban J connectivity index is 2.40. The third-order valence-corrected chi connectivity index (χ3v) is 2.33. The predicted octanol–water partition coefficient (Wildman–Crippen LogP) is 1.20. The van der Waals surface area contributed by atoms with Crippen LogP contribution >= 0.6 is 0 Å². The molecular weight excluding hydrogens is 222 g/mol. The highest BCUT2D eigenvalue weighted by Crippen LogP contribution is 2.24. The molecule has 0 saturated carbocycles. The minimum atomic E-state index is -0.615. The first-order chi connectivity index (χ1) is 7.59. The fourth-order valence-corrected chi connectivity index (χ4v) is 1.63. The molecule has 0 aromatic heterocycles. The van der Waals surface area contributed by atoms with E-state index in [1.54, 1.807) is 0 Å². The summed E-state index contributed by atoms with van der Waals surface area (Å²) in [4.78, 5) is 11.6. The Hall–Kier alpha value is -0.650. The highest BCUT2D eigenvalue weighted by atomic mass is 16.7. The number of carbonyl (C=O) groups is 1. The quantitative estimate of drug-likeness (QED) is 0.756. The van der Waals surface area contributed by atoms with Gasteiger partial charge in [-0.05, 0) is 34.6 Å². The van der Waals surface area contributed by atoms with Crippen molar-refractivity contribution in [1.29, 1.82) is 0 Å². The van der Waals surface area contributed by atoms with E-state index in [0.29, 0.717) is 6.61 Å². The van der Waals surface area contributed by atoms with Crippen molar-refractivity contribution in [3.63, 3.8) is 0 Å². The van der Waals surface area contributed by atoms with E-state index in [-0.39, 0.29) is 18.5 Å². The molecule has 5 nitrogen and oxygen atoms in total. The van der Waals surface area contributed by atoms with Crippen molar-refractivity contribution < 1.29 is 19.0 Å². The minimum absolute atomic E-state index is 0.140. The van der Waals surface area contributed by atoms with Gasteiger partial charge >= 0.3 is 5.97 Å². The first-order valence-corrected chi connectivity index (χ1v) is 5.88. The van der Waals surface area contributed by atoms with Crippen molar-refractivity contribution in [2.75, 3.05) is 6.61 Å². The summed E-state index contributed by atoms with van der Waals surface area (Å²) in [7, 11) is 0. The molecule has 1 aliphatic heterocycles. The van der Waals surface area contributed by atoms with Crippen LogP contribution in [0.5, 0.6) is 0 Å². The lowest BCUT2D eigenvalue weighted by molar-refractivity contribution is -0.158. The van der Waals surface area contributed by atoms with Crippen LogP contribution < -0.4 is 5.73 Å². The van der Waals surface area contributed by atoms with Gasteiger partial charge in [0.2, 0.25) is 0 Å². The summed E-state index contributed by atoms with van der Waals surface area (Å²) in [6.45, 7) is 9.55. The van der Waals surface area contributed by atoms with E-state index in [4.69, 9.17) is 19.9 Å². The van der Waals surface area contributed by atoms with Gasteiger partial charge in [-0.25, -0.2) is 0 Å². The monoisotopic (exact) mass is 245 g/mol. The van der Waals surface area contributed by atoms with E-state index >= 15 is 0 Å². The molecule has 1 fully saturated rings. The van der Waals surface area contributed by atoms with Crippen LogP contribution in [-0.2, 0) is 19.0 Å². The van der Waals surface area contributed by atoms with E-state index < -0.39 is 17.4 Å². The zero-order chi connectivity index (χ0) is 13.3. The van der Waals surface area contributed by atoms with Gasteiger partial charge in [-0.15, -0.1) is 0 Å². The van der Waals surface area contributed by atoms with Crippen LogP contribution in [0.1, 0.15) is 41.0 Å². The predicted molar refractivity (Wildman–Crippen MR) is 63.3 cm³/mol. The number of rotatable bonds is 3. The van der Waals surface area contributed by atoms with Crippen molar-refractivity contribution in [1.82, 2.24) is 0 Å². The van der Waals surface area contributed by atoms with Crippen molar-refractivity contribution >= 4 is 5.97 Å². The molecule has 1 rings (SSSR count). The average molecular weight is 245 g/mol. The Bertz CT molecular complexity index is 283. The van der Waals surface area contributed by atoms with Gasteiger partial charge in [-0.1, -0.05) is 0 Å². The normalized spacial score (nSPS) is 25.6. The molecule has 17 heavy (non-hydrogen) atoms. The first kappa shape index (κ1) is 14.4. The van der Waals surface area contributed by atoms with Crippen LogP contribution in [0.2, 0.25) is 0 Å². The van der Waals surface area contributed by atoms with Crippen molar-refractivity contribution in [3.8, 4) is 0 Å². The van der Waals surface area contributed by atoms with E-state index in [0.717, 1.165) is 0 Å². The molecule has 1 aliphatic rings. The summed E-state index contributed by atoms with van der Waals surface area (Å²) in [6, 6.07) is -0.397. The topological polar surface area (TPSA) is 70.8 Å². The number of hydrogen-bond donors (Lipinski definition) is 1. The largest absolute Gasteiger partial charge is 0.460 e. The summed E-state index contributed by atoms with van der Waals surface area (Å²) in [5, 5.41) is 0. The zero-order valence-corrected chi connectivity index (χ0v) is 11.3. The second kappa shape index (κ2) is 4.92. The standard InChI is InChI=1S/C12H23NO4/c1-11(2,3)17-10(14)6-8(13)9-7-15-12(4,5)16-9/h8-9H,6-7,13H2,1-5H3/t8-,9-/m0/s1. The van der Waals surface area contributed by atoms with E-state index in [2.05, 4.69) is 0 Å². The molecule has 0 aromatic carbocycles. The molecule has 5 heteroatoms. The van der Waals surface area contributed by atoms with Crippen LogP contribution in [0, 0.1) is 0 Å². The smallest absolute Gasteiger partial charge is 0.307 e. The highest BCUT2D eigenvalue weighted by Gasteiger charge is 2.37. The molecule has 100 valence electrons. The summed E-state index contributed by atoms with van der Waals surface area (Å²) in [6.07, 6.45) is -0.112. The summed E-state index contributed by atoms with van der Waals surface area (Å²) in [5.74, 6) is -0.922. The lowest BCUT2D eigenvalue weighted by atomic mass is 10.1. The van der Waals surface area contributed by atoms with Crippen molar-refractivity contribution in [2.24, 2.45) is 5.73 Å². The van der Waals surface area contributed by atoms with Gasteiger partial charge in [-0.3, -0.25) is 4.79 Å². The van der Waals surface area contributed by atoms with Crippen LogP contribution in [0.3, 0.4) is 0 Å². The fraction of sp³-hybridized carbons (Fsp3) is 0.917. The Morgan fingerprint density at radius 2 is 2.12 bits per heavy atom. The second-order valence-electron chi connectivity index (χ2n) is 5.82. The SMILES string of the molecule is CC(C)(C)OC(=O)C[C@H](N)[C@@H]1COC(C)(C)O1. The third kappa shape index (κ3) is 5.02. The lowest BCUT2D eigenvalue weighted by Crippen LogP contribution is -2.40. The fourth-order valence-electron chi connectivity index (χ4n) is 1.63. The summed E-state index contributed by atoms with van der Waals surface area (Å²) < 4.78 is 16.2. The molecule has 1 saturated heterocycles. The maximum absolute atomic E-state index is 11.6. The minimum Gasteiger partial charge on any atom is -0.460 e. The van der Waals surface area contributed by atoms with Gasteiger partial charge in [0.1, 0.15) is 5.60 Å². The number of esters is 1. The first-order valence-electron chi connectivity index (χ1n) is 5.88. The third-order valence-electron chi connectivity index (χ3n) is 2.33. The van der Waals surface area contributed by atoms with Crippen molar-refractivity contribution in [2.45, 2.75) is 64.6 Å². The van der Waals surface area contributed by atoms with Crippen LogP contribution in [-0.4, -0.2) is 36.1 Å². The molecule has 0 unspecified atom stereocenters. The van der Waals surface area contributed by atoms with E-state index in [1.165, 1.54) is 0 Å². The summed E-state index contributed by atoms with van der Waals surface area (Å²) >= 11 is 0. The number of ether oxygens (including phenoxy) is 3. The Morgan fingerprint density at radius 3 is 2.53 bits per heavy atom. The zero-order valence-electron chi connectivity index (χ0n) is 11.3. The van der Waals surface area contributed by atoms with Crippen LogP contribution in [0.15, 0.2) is 0 Å². The molecule has 0 aromatic rings. The molecule has 0 amide bonds. The maximum Gasteiger partial charge on any atom is 0.307 e. The van der Waals surface area contributed by atoms with Gasteiger partial charge in [0.05, 0.1) is 19.1 Å². The molecule has 0 spiro atoms. The Morgan fingerprint density at radius 1 is 1.53 bits per heavy atom. The van der Waals surface area contributed by atoms with Gasteiger partial charge in [-0.2, -0.15) is 0 Å². The molecule has 0 radical (unpaired) electrons. The molecular formula is C12H23NO4. The molecule has 0 aliphatic carbocycles. The number of nitrogens with two attached hydrogens (primary N) is 1. The van der Waals surface area contributed by atoms with Gasteiger partial charge in [0.25, 0.3) is 0 Å². The van der Waals surface area contributed by atoms with Gasteiger partial charge in [0, 0.05) is 6.04 Å². The van der Waals surface area contributed by atoms with Gasteiger partial charge in [0.15, 0.2) is 5.79 Å². The lowest BCUT2D eigenvalue weighted by Gasteiger charge is -2.23. The molecule has 1 heterocycles. The number of hydrogen-bond acceptors (Lipinski definition) is 5. The van der Waals surface area contributed by atoms with Crippen LogP contribution in [0.25, 0.3) is 0 Å². The summed E-state index contributed by atoms with van der Waals surface area (Å²) in [5.41, 5.74) is 5.43. The van der Waals surface area contributed by atoms with Crippen LogP contribution in [0.4, 0.5) is 0 Å². The van der Waals surface area contributed by atoms with E-state index in [1.807, 2.05) is 34.6 Å². The average Bonchev–Trinajstić information content (AvgIpc) is 2.42. The Labute approximate surface area is 103 Å². The number of carbonyl (C=O) groups excluding carboxylic acids is 1. The Kier molecular flexibility index (Phi) is 4.17. The molecule has 2 atom stereocenters. The molecule has 2 N–H and O–H groups in total. The van der Waals surface area contributed by atoms with Crippen molar-refractivity contribution in [3.05, 3.63) is 0 Å². The van der Waals surface area contributed by atoms with Gasteiger partial charge < -0.3 is 19.9 Å². The highest BCUT2D eigenvalue weighted by molar-refractivity contribution is 5.70. The second-order valence-corrected chi connectivity index (χ2v) is 5.82.